The fourth-order valence-corrected chi connectivity index (χ4v) is 2.92. The number of rotatable bonds is 6. The molecule has 0 bridgehead atoms. The highest BCUT2D eigenvalue weighted by molar-refractivity contribution is 7.85. The number of nitriles is 1. The standard InChI is InChI=1S/C11H13N.C11H16O3S/c1-11(2,8-9-12)10-6-4-3-5-7-10;1-11(2,9-14-15(3,12)13)10-7-5-4-6-8-10/h3-7H,8H2,1-2H3;4-8H,9H2,1-3H3. The van der Waals surface area contributed by atoms with Gasteiger partial charge in [0.15, 0.2) is 0 Å². The topological polar surface area (TPSA) is 67.2 Å². The van der Waals surface area contributed by atoms with Crippen molar-refractivity contribution in [3.8, 4) is 6.07 Å². The Labute approximate surface area is 163 Å². The highest BCUT2D eigenvalue weighted by Crippen LogP contribution is 2.25. The predicted molar refractivity (Wildman–Crippen MR) is 110 cm³/mol. The van der Waals surface area contributed by atoms with Crippen LogP contribution >= 0.6 is 0 Å². The molecule has 27 heavy (non-hydrogen) atoms. The van der Waals surface area contributed by atoms with E-state index in [1.54, 1.807) is 0 Å². The van der Waals surface area contributed by atoms with Crippen LogP contribution in [0.15, 0.2) is 60.7 Å². The van der Waals surface area contributed by atoms with Gasteiger partial charge in [-0.2, -0.15) is 13.7 Å². The van der Waals surface area contributed by atoms with Crippen LogP contribution < -0.4 is 0 Å². The van der Waals surface area contributed by atoms with E-state index in [1.165, 1.54) is 5.56 Å². The van der Waals surface area contributed by atoms with Gasteiger partial charge in [-0.15, -0.1) is 0 Å². The molecule has 0 atom stereocenters. The van der Waals surface area contributed by atoms with Crippen molar-refractivity contribution in [3.05, 3.63) is 71.8 Å². The highest BCUT2D eigenvalue weighted by atomic mass is 32.2. The summed E-state index contributed by atoms with van der Waals surface area (Å²) in [7, 11) is -3.37. The minimum atomic E-state index is -3.37. The maximum Gasteiger partial charge on any atom is 0.264 e. The number of nitrogens with zero attached hydrogens (tertiary/aromatic N) is 1. The molecule has 0 aliphatic rings. The van der Waals surface area contributed by atoms with Gasteiger partial charge >= 0.3 is 0 Å². The molecule has 2 rings (SSSR count). The molecule has 0 spiro atoms. The van der Waals surface area contributed by atoms with Crippen LogP contribution in [0.3, 0.4) is 0 Å². The lowest BCUT2D eigenvalue weighted by molar-refractivity contribution is 0.248. The first-order chi connectivity index (χ1) is 12.5. The molecule has 2 aromatic rings. The molecule has 5 heteroatoms. The summed E-state index contributed by atoms with van der Waals surface area (Å²) >= 11 is 0. The summed E-state index contributed by atoms with van der Waals surface area (Å²) in [5.41, 5.74) is 1.97. The molecule has 0 aromatic heterocycles. The molecule has 0 unspecified atom stereocenters. The number of hydrogen-bond donors (Lipinski definition) is 0. The van der Waals surface area contributed by atoms with Crippen molar-refractivity contribution in [2.24, 2.45) is 0 Å². The smallest absolute Gasteiger partial charge is 0.264 e. The second-order valence-electron chi connectivity index (χ2n) is 7.80. The van der Waals surface area contributed by atoms with E-state index in [-0.39, 0.29) is 17.4 Å². The zero-order valence-electron chi connectivity index (χ0n) is 16.8. The predicted octanol–water partition coefficient (Wildman–Crippen LogP) is 4.82. The van der Waals surface area contributed by atoms with Crippen LogP contribution in [0.2, 0.25) is 0 Å². The maximum atomic E-state index is 10.9. The zero-order chi connectivity index (χ0) is 20.6. The summed E-state index contributed by atoms with van der Waals surface area (Å²) in [6, 6.07) is 22.1. The summed E-state index contributed by atoms with van der Waals surface area (Å²) in [5, 5.41) is 8.61. The lowest BCUT2D eigenvalue weighted by atomic mass is 9.82. The molecule has 0 heterocycles. The molecule has 146 valence electrons. The molecule has 0 fully saturated rings. The first kappa shape index (κ1) is 22.9. The minimum Gasteiger partial charge on any atom is -0.269 e. The van der Waals surface area contributed by atoms with Crippen molar-refractivity contribution in [2.75, 3.05) is 12.9 Å². The minimum absolute atomic E-state index is 0.0178. The normalized spacial score (nSPS) is 11.9. The second kappa shape index (κ2) is 9.68. The average Bonchev–Trinajstić information content (AvgIpc) is 2.62. The largest absolute Gasteiger partial charge is 0.269 e. The summed E-state index contributed by atoms with van der Waals surface area (Å²) in [6.45, 7) is 8.24. The van der Waals surface area contributed by atoms with Crippen LogP contribution in [0.4, 0.5) is 0 Å². The van der Waals surface area contributed by atoms with Crippen molar-refractivity contribution < 1.29 is 12.6 Å². The van der Waals surface area contributed by atoms with E-state index in [2.05, 4.69) is 32.0 Å². The quantitative estimate of drug-likeness (QED) is 0.667. The van der Waals surface area contributed by atoms with Crippen molar-refractivity contribution in [1.29, 1.82) is 5.26 Å². The third kappa shape index (κ3) is 8.38. The van der Waals surface area contributed by atoms with Gasteiger partial charge in [-0.3, -0.25) is 4.18 Å². The van der Waals surface area contributed by atoms with Gasteiger partial charge in [0.05, 0.1) is 18.9 Å². The van der Waals surface area contributed by atoms with Crippen molar-refractivity contribution in [3.63, 3.8) is 0 Å². The lowest BCUT2D eigenvalue weighted by Gasteiger charge is -2.24. The molecule has 0 N–H and O–H groups in total. The van der Waals surface area contributed by atoms with Gasteiger partial charge in [0, 0.05) is 17.3 Å². The monoisotopic (exact) mass is 387 g/mol. The van der Waals surface area contributed by atoms with Gasteiger partial charge in [-0.25, -0.2) is 0 Å². The SMILES string of the molecule is CC(C)(CC#N)c1ccccc1.CC(C)(COS(C)(=O)=O)c1ccccc1. The van der Waals surface area contributed by atoms with Gasteiger partial charge < -0.3 is 0 Å². The first-order valence-corrected chi connectivity index (χ1v) is 10.6. The van der Waals surface area contributed by atoms with E-state index in [9.17, 15) is 8.42 Å². The summed E-state index contributed by atoms with van der Waals surface area (Å²) < 4.78 is 26.6. The Morgan fingerprint density at radius 3 is 1.63 bits per heavy atom. The van der Waals surface area contributed by atoms with Crippen LogP contribution in [0.1, 0.15) is 45.2 Å². The number of hydrogen-bond acceptors (Lipinski definition) is 4. The molecule has 0 aliphatic heterocycles. The molecule has 4 nitrogen and oxygen atoms in total. The Hall–Kier alpha value is -2.16. The van der Waals surface area contributed by atoms with E-state index in [4.69, 9.17) is 9.44 Å². The summed E-state index contributed by atoms with van der Waals surface area (Å²) in [6.07, 6.45) is 1.63. The van der Waals surface area contributed by atoms with Crippen LogP contribution in [0.5, 0.6) is 0 Å². The van der Waals surface area contributed by atoms with Gasteiger partial charge in [-0.1, -0.05) is 88.4 Å². The van der Waals surface area contributed by atoms with E-state index < -0.39 is 10.1 Å². The average molecular weight is 388 g/mol. The third-order valence-corrected chi connectivity index (χ3v) is 4.81. The molecule has 0 saturated carbocycles. The van der Waals surface area contributed by atoms with E-state index >= 15 is 0 Å². The zero-order valence-corrected chi connectivity index (χ0v) is 17.6. The molecule has 2 aromatic carbocycles. The second-order valence-corrected chi connectivity index (χ2v) is 9.44. The third-order valence-electron chi connectivity index (χ3n) is 4.27. The Bertz CT molecular complexity index is 836. The van der Waals surface area contributed by atoms with Crippen molar-refractivity contribution >= 4 is 10.1 Å². The fraction of sp³-hybridized carbons (Fsp3) is 0.409. The molecule has 0 radical (unpaired) electrons. The molecule has 0 amide bonds. The van der Waals surface area contributed by atoms with E-state index in [0.29, 0.717) is 6.42 Å². The Morgan fingerprint density at radius 1 is 0.852 bits per heavy atom. The molecule has 0 aliphatic carbocycles. The van der Waals surface area contributed by atoms with Crippen LogP contribution in [0, 0.1) is 11.3 Å². The van der Waals surface area contributed by atoms with Gasteiger partial charge in [-0.05, 0) is 11.1 Å². The van der Waals surface area contributed by atoms with Gasteiger partial charge in [0.1, 0.15) is 0 Å². The number of benzene rings is 2. The first-order valence-electron chi connectivity index (χ1n) is 8.80. The molecular formula is C22H29NO3S. The van der Waals surface area contributed by atoms with Gasteiger partial charge in [0.25, 0.3) is 10.1 Å². The maximum absolute atomic E-state index is 10.9. The Kier molecular flexibility index (Phi) is 8.20. The van der Waals surface area contributed by atoms with Crippen LogP contribution in [-0.4, -0.2) is 21.3 Å². The lowest BCUT2D eigenvalue weighted by Crippen LogP contribution is -2.25. The Balaban J connectivity index is 0.000000277. The fourth-order valence-electron chi connectivity index (χ4n) is 2.42. The summed E-state index contributed by atoms with van der Waals surface area (Å²) in [4.78, 5) is 0. The molecule has 0 saturated heterocycles. The van der Waals surface area contributed by atoms with E-state index in [0.717, 1.165) is 11.8 Å². The van der Waals surface area contributed by atoms with Crippen LogP contribution in [-0.2, 0) is 25.1 Å². The summed E-state index contributed by atoms with van der Waals surface area (Å²) in [5.74, 6) is 0. The van der Waals surface area contributed by atoms with Crippen molar-refractivity contribution in [1.82, 2.24) is 0 Å². The van der Waals surface area contributed by atoms with E-state index in [1.807, 2.05) is 62.4 Å². The molecular weight excluding hydrogens is 358 g/mol. The van der Waals surface area contributed by atoms with Crippen molar-refractivity contribution in [2.45, 2.75) is 44.9 Å². The Morgan fingerprint density at radius 2 is 1.26 bits per heavy atom. The van der Waals surface area contributed by atoms with Crippen LogP contribution in [0.25, 0.3) is 0 Å². The van der Waals surface area contributed by atoms with Gasteiger partial charge in [0.2, 0.25) is 0 Å². The highest BCUT2D eigenvalue weighted by Gasteiger charge is 2.22.